The number of amides is 3. The maximum Gasteiger partial charge on any atom is 0.330 e. The van der Waals surface area contributed by atoms with Gasteiger partial charge in [-0.3, -0.25) is 19.2 Å². The molecule has 2 heterocycles. The zero-order chi connectivity index (χ0) is 26.6. The van der Waals surface area contributed by atoms with Gasteiger partial charge in [0.25, 0.3) is 11.5 Å². The summed E-state index contributed by atoms with van der Waals surface area (Å²) in [5.74, 6) is -1.93. The number of carbonyl (C=O) groups excluding carboxylic acids is 4. The van der Waals surface area contributed by atoms with E-state index in [1.807, 2.05) is 0 Å². The van der Waals surface area contributed by atoms with Gasteiger partial charge >= 0.3 is 5.97 Å². The van der Waals surface area contributed by atoms with Gasteiger partial charge < -0.3 is 31.0 Å². The molecule has 0 aromatic carbocycles. The number of esters is 1. The van der Waals surface area contributed by atoms with Crippen molar-refractivity contribution in [3.8, 4) is 0 Å². The Balaban J connectivity index is 1.43. The Bertz CT molecular complexity index is 1280. The number of nitrogens with one attached hydrogen (secondary N) is 3. The van der Waals surface area contributed by atoms with Gasteiger partial charge in [-0.15, -0.1) is 0 Å². The average molecular weight is 514 g/mol. The molecule has 0 radical (unpaired) electrons. The van der Waals surface area contributed by atoms with Crippen molar-refractivity contribution in [2.24, 2.45) is 5.92 Å². The molecule has 0 saturated heterocycles. The number of carbonyl (C=O) groups is 4. The minimum absolute atomic E-state index is 0.0583. The van der Waals surface area contributed by atoms with E-state index in [1.54, 1.807) is 0 Å². The van der Waals surface area contributed by atoms with E-state index >= 15 is 0 Å². The van der Waals surface area contributed by atoms with Crippen molar-refractivity contribution in [3.05, 3.63) is 46.5 Å². The third kappa shape index (κ3) is 5.85. The first-order chi connectivity index (χ1) is 17.7. The molecule has 0 unspecified atom stereocenters. The van der Waals surface area contributed by atoms with Crippen LogP contribution in [0.15, 0.2) is 39.9 Å². The molecule has 3 aliphatic carbocycles. The van der Waals surface area contributed by atoms with Gasteiger partial charge in [-0.25, -0.2) is 9.42 Å². The Morgan fingerprint density at radius 2 is 2.05 bits per heavy atom. The van der Waals surface area contributed by atoms with Crippen LogP contribution in [0.1, 0.15) is 42.6 Å². The zero-order valence-corrected chi connectivity index (χ0v) is 20.1. The third-order valence-electron chi connectivity index (χ3n) is 6.46. The number of pyridine rings is 1. The second kappa shape index (κ2) is 10.6. The number of nitrogens with zero attached hydrogens (tertiary/aromatic N) is 3. The lowest BCUT2D eigenvalue weighted by molar-refractivity contribution is -0.135. The summed E-state index contributed by atoms with van der Waals surface area (Å²) in [5.41, 5.74) is 4.47. The number of allylic oxidation sites excluding steroid dienone is 1. The first-order valence-corrected chi connectivity index (χ1v) is 11.6. The topological polar surface area (TPSA) is 201 Å². The Hall–Kier alpha value is -4.49. The molecule has 1 atom stereocenters. The minimum Gasteiger partial charge on any atom is -0.466 e. The highest BCUT2D eigenvalue weighted by Crippen LogP contribution is 2.56. The van der Waals surface area contributed by atoms with E-state index in [0.717, 1.165) is 19.3 Å². The molecule has 3 amide bonds. The van der Waals surface area contributed by atoms with Gasteiger partial charge in [0.05, 0.1) is 7.11 Å². The monoisotopic (exact) mass is 513 g/mol. The molecular formula is C23H27N7O7. The summed E-state index contributed by atoms with van der Waals surface area (Å²) in [4.78, 5) is 62.2. The smallest absolute Gasteiger partial charge is 0.330 e. The lowest BCUT2D eigenvalue weighted by atomic mass is 9.50. The van der Waals surface area contributed by atoms with Crippen LogP contribution < -0.4 is 27.2 Å². The fraction of sp³-hybridized carbons (Fsp3) is 0.435. The number of ether oxygens (including phenoxy) is 1. The molecule has 196 valence electrons. The predicted molar refractivity (Wildman–Crippen MR) is 128 cm³/mol. The number of rotatable bonds is 11. The quantitative estimate of drug-likeness (QED) is 0.229. The lowest BCUT2D eigenvalue weighted by Crippen LogP contribution is -2.68. The number of nitrogens with two attached hydrogens (primary N) is 1. The lowest BCUT2D eigenvalue weighted by Gasteiger charge is -2.61. The van der Waals surface area contributed by atoms with Crippen LogP contribution in [0.4, 0.5) is 11.5 Å². The van der Waals surface area contributed by atoms with Crippen molar-refractivity contribution in [1.29, 1.82) is 0 Å². The second-order valence-corrected chi connectivity index (χ2v) is 9.18. The summed E-state index contributed by atoms with van der Waals surface area (Å²) in [5, 5.41) is 14.7. The summed E-state index contributed by atoms with van der Waals surface area (Å²) in [6, 6.07) is 1.78. The molecule has 14 heteroatoms. The maximum absolute atomic E-state index is 13.1. The molecular weight excluding hydrogens is 486 g/mol. The van der Waals surface area contributed by atoms with Crippen LogP contribution in [0.3, 0.4) is 0 Å². The highest BCUT2D eigenvalue weighted by Gasteiger charge is 2.57. The molecule has 2 bridgehead atoms. The minimum atomic E-state index is -1.15. The van der Waals surface area contributed by atoms with Crippen LogP contribution in [0.25, 0.3) is 0 Å². The van der Waals surface area contributed by atoms with Gasteiger partial charge in [-0.1, -0.05) is 6.08 Å². The van der Waals surface area contributed by atoms with Gasteiger partial charge in [0.1, 0.15) is 18.3 Å². The van der Waals surface area contributed by atoms with Crippen LogP contribution in [0.2, 0.25) is 0 Å². The van der Waals surface area contributed by atoms with E-state index in [0.29, 0.717) is 5.92 Å². The molecule has 2 aromatic heterocycles. The van der Waals surface area contributed by atoms with Crippen LogP contribution in [0, 0.1) is 5.92 Å². The number of hydrogen-bond acceptors (Lipinski definition) is 10. The van der Waals surface area contributed by atoms with Crippen molar-refractivity contribution < 1.29 is 28.5 Å². The third-order valence-corrected chi connectivity index (χ3v) is 6.46. The first-order valence-electron chi connectivity index (χ1n) is 11.6. The Morgan fingerprint density at radius 1 is 1.30 bits per heavy atom. The summed E-state index contributed by atoms with van der Waals surface area (Å²) < 4.78 is 10.1. The molecule has 5 rings (SSSR count). The van der Waals surface area contributed by atoms with Gasteiger partial charge in [0.2, 0.25) is 23.3 Å². The largest absolute Gasteiger partial charge is 0.466 e. The SMILES string of the molecule is COC(=O)/C=C/CC[C@H](NC(=O)c1nonc1N)C(=O)Nc1cccn(CC(=O)NC23CC(C2)C3)c1=O. The van der Waals surface area contributed by atoms with Gasteiger partial charge in [0, 0.05) is 17.8 Å². The molecule has 3 aliphatic rings. The zero-order valence-electron chi connectivity index (χ0n) is 20.1. The van der Waals surface area contributed by atoms with Crippen molar-refractivity contribution in [2.75, 3.05) is 18.2 Å². The van der Waals surface area contributed by atoms with Crippen LogP contribution in [0.5, 0.6) is 0 Å². The summed E-state index contributed by atoms with van der Waals surface area (Å²) in [6.07, 6.45) is 7.31. The first kappa shape index (κ1) is 25.6. The highest BCUT2D eigenvalue weighted by atomic mass is 16.6. The molecule has 2 aromatic rings. The number of aromatic nitrogens is 3. The standard InChI is InChI=1S/C23H27N7O7/c1-36-17(32)7-3-2-5-14(25-21(34)18-19(24)29-37-28-18)20(33)26-15-6-4-8-30(22(15)35)12-16(31)27-23-9-13(10-23)11-23/h3-4,6-8,13-14H,2,5,9-12H2,1H3,(H2,24,29)(H,25,34)(H,26,33)(H,27,31)/b7-3+/t13?,14-,23?/m0/s1. The number of methoxy groups -OCH3 is 1. The molecule has 3 fully saturated rings. The number of anilines is 2. The van der Waals surface area contributed by atoms with Crippen molar-refractivity contribution in [1.82, 2.24) is 25.5 Å². The van der Waals surface area contributed by atoms with E-state index in [4.69, 9.17) is 5.73 Å². The van der Waals surface area contributed by atoms with Crippen LogP contribution >= 0.6 is 0 Å². The second-order valence-electron chi connectivity index (χ2n) is 9.18. The fourth-order valence-electron chi connectivity index (χ4n) is 4.46. The van der Waals surface area contributed by atoms with E-state index in [1.165, 1.54) is 42.2 Å². The van der Waals surface area contributed by atoms with Gasteiger partial charge in [-0.05, 0) is 60.5 Å². The summed E-state index contributed by atoms with van der Waals surface area (Å²) in [7, 11) is 1.23. The predicted octanol–water partition coefficient (Wildman–Crippen LogP) is -0.271. The van der Waals surface area contributed by atoms with Crippen molar-refractivity contribution in [2.45, 2.75) is 50.2 Å². The fourth-order valence-corrected chi connectivity index (χ4v) is 4.46. The van der Waals surface area contributed by atoms with E-state index < -0.39 is 29.4 Å². The molecule has 5 N–H and O–H groups in total. The molecule has 14 nitrogen and oxygen atoms in total. The normalized spacial score (nSPS) is 20.3. The maximum atomic E-state index is 13.1. The van der Waals surface area contributed by atoms with Crippen LogP contribution in [-0.2, 0) is 25.7 Å². The summed E-state index contributed by atoms with van der Waals surface area (Å²) >= 11 is 0. The van der Waals surface area contributed by atoms with E-state index in [9.17, 15) is 24.0 Å². The Kier molecular flexibility index (Phi) is 7.36. The van der Waals surface area contributed by atoms with Gasteiger partial charge in [0.15, 0.2) is 0 Å². The number of hydrogen-bond donors (Lipinski definition) is 4. The molecule has 0 spiro atoms. The molecule has 0 aliphatic heterocycles. The van der Waals surface area contributed by atoms with Crippen molar-refractivity contribution >= 4 is 35.2 Å². The molecule has 3 saturated carbocycles. The summed E-state index contributed by atoms with van der Waals surface area (Å²) in [6.45, 7) is -0.189. The Labute approximate surface area is 210 Å². The average Bonchev–Trinajstić information content (AvgIpc) is 3.25. The van der Waals surface area contributed by atoms with E-state index in [2.05, 4.69) is 35.6 Å². The van der Waals surface area contributed by atoms with Gasteiger partial charge in [-0.2, -0.15) is 0 Å². The van der Waals surface area contributed by atoms with Crippen molar-refractivity contribution in [3.63, 3.8) is 0 Å². The molecule has 37 heavy (non-hydrogen) atoms. The van der Waals surface area contributed by atoms with Crippen LogP contribution in [-0.4, -0.2) is 57.3 Å². The Morgan fingerprint density at radius 3 is 2.68 bits per heavy atom. The highest BCUT2D eigenvalue weighted by molar-refractivity contribution is 6.01. The van der Waals surface area contributed by atoms with E-state index in [-0.39, 0.29) is 48.0 Å². The number of nitrogen functional groups attached to an aromatic ring is 1.